The second-order valence-electron chi connectivity index (χ2n) is 9.58. The summed E-state index contributed by atoms with van der Waals surface area (Å²) >= 11 is 0. The second-order valence-corrected chi connectivity index (χ2v) is 9.58. The van der Waals surface area contributed by atoms with E-state index in [9.17, 15) is 4.39 Å². The van der Waals surface area contributed by atoms with Gasteiger partial charge in [-0.05, 0) is 89.8 Å². The highest BCUT2D eigenvalue weighted by atomic mass is 19.1. The van der Waals surface area contributed by atoms with Crippen molar-refractivity contribution in [1.29, 1.82) is 0 Å². The molecule has 5 nitrogen and oxygen atoms in total. The van der Waals surface area contributed by atoms with Gasteiger partial charge in [-0.3, -0.25) is 0 Å². The molecule has 2 aliphatic rings. The lowest BCUT2D eigenvalue weighted by Crippen LogP contribution is -2.41. The number of benzene rings is 2. The molecule has 168 valence electrons. The molecule has 2 aromatic rings. The van der Waals surface area contributed by atoms with Gasteiger partial charge in [-0.1, -0.05) is 30.3 Å². The lowest BCUT2D eigenvalue weighted by Gasteiger charge is -2.32. The average molecular weight is 427 g/mol. The molecular weight excluding hydrogens is 392 g/mol. The van der Waals surface area contributed by atoms with E-state index >= 15 is 0 Å². The second kappa shape index (κ2) is 9.19. The van der Waals surface area contributed by atoms with E-state index in [0.29, 0.717) is 5.92 Å². The predicted octanol–water partition coefficient (Wildman–Crippen LogP) is 3.79. The van der Waals surface area contributed by atoms with E-state index in [0.717, 1.165) is 5.46 Å². The molecule has 2 aromatic carbocycles. The monoisotopic (exact) mass is 427 g/mol. The fourth-order valence-corrected chi connectivity index (χ4v) is 3.80. The van der Waals surface area contributed by atoms with E-state index in [-0.39, 0.29) is 29.7 Å². The average Bonchev–Trinajstić information content (AvgIpc) is 2.94. The van der Waals surface area contributed by atoms with Crippen molar-refractivity contribution < 1.29 is 13.7 Å². The maximum absolute atomic E-state index is 12.4. The van der Waals surface area contributed by atoms with Gasteiger partial charge in [0.25, 0.3) is 0 Å². The molecule has 0 spiro atoms. The molecule has 0 saturated carbocycles. The highest BCUT2D eigenvalue weighted by Crippen LogP contribution is 2.36. The maximum atomic E-state index is 12.4. The first-order valence-corrected chi connectivity index (χ1v) is 10.9. The molecular formula is C24H35BFN3O2. The summed E-state index contributed by atoms with van der Waals surface area (Å²) in [6, 6.07) is 13.2. The molecule has 2 heterocycles. The highest BCUT2D eigenvalue weighted by molar-refractivity contribution is 6.62. The van der Waals surface area contributed by atoms with E-state index in [1.165, 1.54) is 43.6 Å². The zero-order valence-corrected chi connectivity index (χ0v) is 19.3. The van der Waals surface area contributed by atoms with Crippen molar-refractivity contribution >= 4 is 24.0 Å². The van der Waals surface area contributed by atoms with Crippen molar-refractivity contribution in [3.8, 4) is 0 Å². The minimum absolute atomic E-state index is 0.0255. The van der Waals surface area contributed by atoms with E-state index in [1.807, 2.05) is 0 Å². The molecule has 7 heteroatoms. The van der Waals surface area contributed by atoms with Crippen molar-refractivity contribution in [1.82, 2.24) is 4.90 Å². The summed E-state index contributed by atoms with van der Waals surface area (Å²) < 4.78 is 24.6. The van der Waals surface area contributed by atoms with Crippen LogP contribution < -0.4 is 16.9 Å². The molecule has 4 rings (SSSR count). The summed E-state index contributed by atoms with van der Waals surface area (Å²) in [4.78, 5) is 2.41. The van der Waals surface area contributed by atoms with Gasteiger partial charge in [-0.2, -0.15) is 0 Å². The Morgan fingerprint density at radius 3 is 1.97 bits per heavy atom. The lowest BCUT2D eigenvalue weighted by molar-refractivity contribution is 0.00578. The molecule has 0 aliphatic carbocycles. The standard InChI is InChI=1S/C18H28BNO2.C6H7FN2/c1-17(2)18(3,4)22-19(21-17)16-8-6-14(7-9-16)15-10-12-20(5)13-11-15;7-4-2-1-3-5(8)6(4)9/h6-9,15H,10-13H2,1-5H3;1-3H,8-9H2. The normalized spacial score (nSPS) is 20.9. The third-order valence-corrected chi connectivity index (χ3v) is 6.74. The van der Waals surface area contributed by atoms with Gasteiger partial charge in [-0.25, -0.2) is 4.39 Å². The zero-order chi connectivity index (χ0) is 22.8. The quantitative estimate of drug-likeness (QED) is 0.564. The minimum atomic E-state index is -0.463. The number of nitrogens with two attached hydrogens (primary N) is 2. The molecule has 0 radical (unpaired) electrons. The third kappa shape index (κ3) is 5.40. The van der Waals surface area contributed by atoms with Crippen molar-refractivity contribution in [3.63, 3.8) is 0 Å². The third-order valence-electron chi connectivity index (χ3n) is 6.74. The first kappa shape index (κ1) is 23.6. The Balaban J connectivity index is 0.000000254. The molecule has 0 amide bonds. The molecule has 4 N–H and O–H groups in total. The summed E-state index contributed by atoms with van der Waals surface area (Å²) in [6.07, 6.45) is 2.51. The maximum Gasteiger partial charge on any atom is 0.494 e. The number of rotatable bonds is 2. The van der Waals surface area contributed by atoms with E-state index < -0.39 is 5.82 Å². The molecule has 2 fully saturated rings. The number of hydrogen-bond donors (Lipinski definition) is 2. The van der Waals surface area contributed by atoms with Crippen LogP contribution in [-0.4, -0.2) is 43.4 Å². The molecule has 31 heavy (non-hydrogen) atoms. The van der Waals surface area contributed by atoms with Crippen molar-refractivity contribution in [2.75, 3.05) is 31.6 Å². The Hall–Kier alpha value is -2.09. The Bertz CT molecular complexity index is 845. The van der Waals surface area contributed by atoms with Crippen LogP contribution in [0.15, 0.2) is 42.5 Å². The first-order chi connectivity index (χ1) is 14.5. The molecule has 0 unspecified atom stereocenters. The molecule has 2 aliphatic heterocycles. The summed E-state index contributed by atoms with van der Waals surface area (Å²) in [5.41, 5.74) is 12.8. The number of halogens is 1. The number of para-hydroxylation sites is 1. The number of piperidine rings is 1. The van der Waals surface area contributed by atoms with Gasteiger partial charge < -0.3 is 25.7 Å². The number of nitrogens with zero attached hydrogens (tertiary/aromatic N) is 1. The van der Waals surface area contributed by atoms with Crippen LogP contribution in [0, 0.1) is 5.82 Å². The van der Waals surface area contributed by atoms with Gasteiger partial charge in [0.15, 0.2) is 0 Å². The molecule has 2 saturated heterocycles. The van der Waals surface area contributed by atoms with Gasteiger partial charge in [0.2, 0.25) is 0 Å². The fourth-order valence-electron chi connectivity index (χ4n) is 3.80. The summed E-state index contributed by atoms with van der Waals surface area (Å²) in [6.45, 7) is 10.8. The summed E-state index contributed by atoms with van der Waals surface area (Å²) in [5, 5.41) is 0. The van der Waals surface area contributed by atoms with Gasteiger partial charge in [0.05, 0.1) is 22.6 Å². The Morgan fingerprint density at radius 2 is 1.48 bits per heavy atom. The number of anilines is 2. The van der Waals surface area contributed by atoms with Crippen LogP contribution in [-0.2, 0) is 9.31 Å². The Kier molecular flexibility index (Phi) is 6.99. The smallest absolute Gasteiger partial charge is 0.399 e. The number of hydrogen-bond acceptors (Lipinski definition) is 5. The SMILES string of the molecule is CN1CCC(c2ccc(B3OC(C)(C)C(C)(C)O3)cc2)CC1.Nc1cccc(F)c1N. The van der Waals surface area contributed by atoms with Crippen LogP contribution in [0.5, 0.6) is 0 Å². The first-order valence-electron chi connectivity index (χ1n) is 10.9. The van der Waals surface area contributed by atoms with Gasteiger partial charge in [-0.15, -0.1) is 0 Å². The van der Waals surface area contributed by atoms with E-state index in [4.69, 9.17) is 20.8 Å². The van der Waals surface area contributed by atoms with Gasteiger partial charge in [0.1, 0.15) is 5.82 Å². The molecule has 0 aromatic heterocycles. The summed E-state index contributed by atoms with van der Waals surface area (Å²) in [7, 11) is 1.95. The van der Waals surface area contributed by atoms with Crippen LogP contribution in [0.3, 0.4) is 0 Å². The fraction of sp³-hybridized carbons (Fsp3) is 0.500. The van der Waals surface area contributed by atoms with Crippen molar-refractivity contribution in [2.45, 2.75) is 57.7 Å². The topological polar surface area (TPSA) is 73.7 Å². The van der Waals surface area contributed by atoms with Crippen LogP contribution in [0.1, 0.15) is 52.0 Å². The summed E-state index contributed by atoms with van der Waals surface area (Å²) in [5.74, 6) is 0.235. The molecule has 0 atom stereocenters. The highest BCUT2D eigenvalue weighted by Gasteiger charge is 2.51. The van der Waals surface area contributed by atoms with Crippen molar-refractivity contribution in [2.24, 2.45) is 0 Å². The Labute approximate surface area is 186 Å². The number of likely N-dealkylation sites (tertiary alicyclic amines) is 1. The van der Waals surface area contributed by atoms with E-state index in [2.05, 4.69) is 63.9 Å². The van der Waals surface area contributed by atoms with Crippen LogP contribution in [0.25, 0.3) is 0 Å². The van der Waals surface area contributed by atoms with Crippen molar-refractivity contribution in [3.05, 3.63) is 53.8 Å². The van der Waals surface area contributed by atoms with Gasteiger partial charge >= 0.3 is 7.12 Å². The molecule has 0 bridgehead atoms. The van der Waals surface area contributed by atoms with Crippen LogP contribution in [0.4, 0.5) is 15.8 Å². The largest absolute Gasteiger partial charge is 0.494 e. The number of nitrogen functional groups attached to an aromatic ring is 2. The van der Waals surface area contributed by atoms with Gasteiger partial charge in [0, 0.05) is 0 Å². The zero-order valence-electron chi connectivity index (χ0n) is 19.3. The Morgan fingerprint density at radius 1 is 0.935 bits per heavy atom. The lowest BCUT2D eigenvalue weighted by atomic mass is 9.77. The minimum Gasteiger partial charge on any atom is -0.399 e. The predicted molar refractivity (Wildman–Crippen MR) is 127 cm³/mol. The van der Waals surface area contributed by atoms with E-state index in [1.54, 1.807) is 6.07 Å². The van der Waals surface area contributed by atoms with Crippen LogP contribution >= 0.6 is 0 Å². The van der Waals surface area contributed by atoms with Crippen LogP contribution in [0.2, 0.25) is 0 Å².